The summed E-state index contributed by atoms with van der Waals surface area (Å²) in [6, 6.07) is 8.34. The van der Waals surface area contributed by atoms with Gasteiger partial charge in [-0.15, -0.1) is 0 Å². The molecule has 30 heavy (non-hydrogen) atoms. The molecular formula is C20H17N5O5. The van der Waals surface area contributed by atoms with Gasteiger partial charge in [-0.1, -0.05) is 17.1 Å². The normalized spacial score (nSPS) is 13.0. The number of imidazole rings is 1. The van der Waals surface area contributed by atoms with Crippen LogP contribution in [0.5, 0.6) is 0 Å². The Labute approximate surface area is 170 Å². The predicted molar refractivity (Wildman–Crippen MR) is 107 cm³/mol. The molecule has 0 fully saturated rings. The van der Waals surface area contributed by atoms with Crippen molar-refractivity contribution in [3.05, 3.63) is 64.0 Å². The van der Waals surface area contributed by atoms with Gasteiger partial charge in [-0.05, 0) is 29.5 Å². The Morgan fingerprint density at radius 3 is 2.57 bits per heavy atom. The number of amides is 3. The van der Waals surface area contributed by atoms with E-state index in [4.69, 9.17) is 0 Å². The number of imide groups is 1. The maximum atomic E-state index is 13.0. The monoisotopic (exact) mass is 407 g/mol. The summed E-state index contributed by atoms with van der Waals surface area (Å²) >= 11 is 0. The number of benzene rings is 2. The molecule has 0 spiro atoms. The summed E-state index contributed by atoms with van der Waals surface area (Å²) in [6.07, 6.45) is 3.15. The molecule has 0 saturated heterocycles. The van der Waals surface area contributed by atoms with E-state index in [-0.39, 0.29) is 24.9 Å². The Kier molecular flexibility index (Phi) is 4.74. The lowest BCUT2D eigenvalue weighted by molar-refractivity contribution is -0.396. The maximum Gasteiger partial charge on any atom is 0.434 e. The van der Waals surface area contributed by atoms with Crippen LogP contribution in [0.15, 0.2) is 42.7 Å². The fraction of sp³-hybridized carbons (Fsp3) is 0.200. The minimum absolute atomic E-state index is 0.107. The van der Waals surface area contributed by atoms with Gasteiger partial charge in [0.1, 0.15) is 12.4 Å². The van der Waals surface area contributed by atoms with Crippen molar-refractivity contribution in [1.82, 2.24) is 14.5 Å². The van der Waals surface area contributed by atoms with Crippen LogP contribution in [0.1, 0.15) is 34.1 Å². The molecule has 3 aromatic rings. The Hall–Kier alpha value is -4.08. The molecular weight excluding hydrogens is 390 g/mol. The topological polar surface area (TPSA) is 127 Å². The standard InChI is InChI=1S/C20H17N5O5/c1-12(26)22-16-7-6-15-17-13(16)4-2-5-14(17)18(27)24(19(15)28)10-3-9-23-11-8-21-20(23)25(29)30/h2,4-8,11H,3,9-10H2,1H3,(H,22,26). The van der Waals surface area contributed by atoms with E-state index < -0.39 is 16.7 Å². The van der Waals surface area contributed by atoms with Crippen molar-refractivity contribution in [1.29, 1.82) is 0 Å². The summed E-state index contributed by atoms with van der Waals surface area (Å²) < 4.78 is 1.37. The highest BCUT2D eigenvalue weighted by molar-refractivity contribution is 6.27. The summed E-state index contributed by atoms with van der Waals surface area (Å²) in [6.45, 7) is 1.74. The van der Waals surface area contributed by atoms with Crippen molar-refractivity contribution in [2.75, 3.05) is 11.9 Å². The first kappa shape index (κ1) is 19.2. The van der Waals surface area contributed by atoms with E-state index in [2.05, 4.69) is 10.3 Å². The van der Waals surface area contributed by atoms with E-state index >= 15 is 0 Å². The minimum atomic E-state index is -0.583. The molecule has 0 saturated carbocycles. The number of nitrogens with one attached hydrogen (secondary N) is 1. The van der Waals surface area contributed by atoms with Gasteiger partial charge in [0.05, 0.1) is 6.54 Å². The number of aryl methyl sites for hydroxylation is 1. The zero-order valence-corrected chi connectivity index (χ0v) is 16.0. The molecule has 0 bridgehead atoms. The average Bonchev–Trinajstić information content (AvgIpc) is 3.18. The summed E-state index contributed by atoms with van der Waals surface area (Å²) in [5.74, 6) is -1.40. The van der Waals surface area contributed by atoms with Gasteiger partial charge in [0.25, 0.3) is 11.8 Å². The number of carbonyl (C=O) groups excluding carboxylic acids is 3. The van der Waals surface area contributed by atoms with E-state index in [1.807, 2.05) is 0 Å². The number of rotatable bonds is 6. The Bertz CT molecular complexity index is 1190. The number of nitrogens with zero attached hydrogens (tertiary/aromatic N) is 4. The van der Waals surface area contributed by atoms with Crippen molar-refractivity contribution in [3.63, 3.8) is 0 Å². The second-order valence-corrected chi connectivity index (χ2v) is 6.86. The van der Waals surface area contributed by atoms with Crippen LogP contribution in [0.4, 0.5) is 11.6 Å². The molecule has 0 atom stereocenters. The molecule has 2 heterocycles. The first-order valence-corrected chi connectivity index (χ1v) is 9.23. The number of aromatic nitrogens is 2. The molecule has 1 aromatic heterocycles. The quantitative estimate of drug-likeness (QED) is 0.380. The second kappa shape index (κ2) is 7.39. The number of nitro groups is 1. The van der Waals surface area contributed by atoms with Crippen molar-refractivity contribution >= 4 is 40.1 Å². The van der Waals surface area contributed by atoms with Crippen LogP contribution in [0.25, 0.3) is 10.8 Å². The Morgan fingerprint density at radius 2 is 1.87 bits per heavy atom. The van der Waals surface area contributed by atoms with Gasteiger partial charge in [0, 0.05) is 41.1 Å². The highest BCUT2D eigenvalue weighted by Crippen LogP contribution is 2.34. The smallest absolute Gasteiger partial charge is 0.390 e. The largest absolute Gasteiger partial charge is 0.434 e. The van der Waals surface area contributed by atoms with Gasteiger partial charge < -0.3 is 15.4 Å². The maximum absolute atomic E-state index is 13.0. The molecule has 0 radical (unpaired) electrons. The van der Waals surface area contributed by atoms with E-state index in [0.29, 0.717) is 34.0 Å². The summed E-state index contributed by atoms with van der Waals surface area (Å²) in [5.41, 5.74) is 1.29. The van der Waals surface area contributed by atoms with Crippen LogP contribution in [-0.4, -0.2) is 43.6 Å². The van der Waals surface area contributed by atoms with Crippen LogP contribution in [0, 0.1) is 10.1 Å². The molecule has 10 nitrogen and oxygen atoms in total. The van der Waals surface area contributed by atoms with Crippen LogP contribution in [-0.2, 0) is 11.3 Å². The van der Waals surface area contributed by atoms with Crippen molar-refractivity contribution in [3.8, 4) is 0 Å². The first-order valence-electron chi connectivity index (χ1n) is 9.23. The van der Waals surface area contributed by atoms with Crippen molar-refractivity contribution < 1.29 is 19.3 Å². The van der Waals surface area contributed by atoms with Gasteiger partial charge in [-0.25, -0.2) is 4.57 Å². The molecule has 0 aliphatic carbocycles. The van der Waals surface area contributed by atoms with Crippen molar-refractivity contribution in [2.45, 2.75) is 19.9 Å². The lowest BCUT2D eigenvalue weighted by Crippen LogP contribution is -2.41. The Morgan fingerprint density at radius 1 is 1.13 bits per heavy atom. The molecule has 0 unspecified atom stereocenters. The van der Waals surface area contributed by atoms with Crippen LogP contribution < -0.4 is 5.32 Å². The Balaban J connectivity index is 1.61. The number of hydrogen-bond acceptors (Lipinski definition) is 6. The first-order chi connectivity index (χ1) is 14.4. The number of anilines is 1. The molecule has 2 aromatic carbocycles. The highest BCUT2D eigenvalue weighted by atomic mass is 16.6. The molecule has 1 aliphatic rings. The molecule has 4 rings (SSSR count). The lowest BCUT2D eigenvalue weighted by atomic mass is 9.93. The molecule has 3 amide bonds. The van der Waals surface area contributed by atoms with Gasteiger partial charge in [0.15, 0.2) is 0 Å². The van der Waals surface area contributed by atoms with Crippen LogP contribution in [0.3, 0.4) is 0 Å². The van der Waals surface area contributed by atoms with Gasteiger partial charge in [-0.2, -0.15) is 0 Å². The van der Waals surface area contributed by atoms with Crippen LogP contribution >= 0.6 is 0 Å². The third kappa shape index (κ3) is 3.17. The van der Waals surface area contributed by atoms with E-state index in [0.717, 1.165) is 4.90 Å². The highest BCUT2D eigenvalue weighted by Gasteiger charge is 2.33. The summed E-state index contributed by atoms with van der Waals surface area (Å²) in [4.78, 5) is 52.7. The van der Waals surface area contributed by atoms with Crippen LogP contribution in [0.2, 0.25) is 0 Å². The summed E-state index contributed by atoms with van der Waals surface area (Å²) in [7, 11) is 0. The van der Waals surface area contributed by atoms with E-state index in [9.17, 15) is 24.5 Å². The summed E-state index contributed by atoms with van der Waals surface area (Å²) in [5, 5.41) is 14.8. The number of carbonyl (C=O) groups is 3. The van der Waals surface area contributed by atoms with E-state index in [1.165, 1.54) is 23.9 Å². The number of hydrogen-bond donors (Lipinski definition) is 1. The lowest BCUT2D eigenvalue weighted by Gasteiger charge is -2.27. The second-order valence-electron chi connectivity index (χ2n) is 6.86. The average molecular weight is 407 g/mol. The SMILES string of the molecule is CC(=O)Nc1ccc2c3c(cccc13)C(=O)N(CCCn1ccnc1[N+](=O)[O-])C2=O. The zero-order chi connectivity index (χ0) is 21.4. The molecule has 152 valence electrons. The fourth-order valence-electron chi connectivity index (χ4n) is 3.69. The fourth-order valence-corrected chi connectivity index (χ4v) is 3.69. The van der Waals surface area contributed by atoms with Gasteiger partial charge >= 0.3 is 5.95 Å². The predicted octanol–water partition coefficient (Wildman–Crippen LogP) is 2.59. The van der Waals surface area contributed by atoms with Gasteiger partial charge in [0.2, 0.25) is 5.91 Å². The van der Waals surface area contributed by atoms with Crippen molar-refractivity contribution in [2.24, 2.45) is 0 Å². The minimum Gasteiger partial charge on any atom is -0.390 e. The molecule has 1 N–H and O–H groups in total. The third-order valence-corrected chi connectivity index (χ3v) is 4.94. The molecule has 10 heteroatoms. The zero-order valence-electron chi connectivity index (χ0n) is 16.0. The van der Waals surface area contributed by atoms with Gasteiger partial charge in [-0.3, -0.25) is 19.3 Å². The third-order valence-electron chi connectivity index (χ3n) is 4.94. The molecule has 1 aliphatic heterocycles. The van der Waals surface area contributed by atoms with E-state index in [1.54, 1.807) is 30.3 Å².